The van der Waals surface area contributed by atoms with Gasteiger partial charge in [-0.3, -0.25) is 10.1 Å². The second-order valence-electron chi connectivity index (χ2n) is 3.53. The Morgan fingerprint density at radius 3 is 2.83 bits per heavy atom. The lowest BCUT2D eigenvalue weighted by molar-refractivity contribution is -0.387. The molecule has 0 bridgehead atoms. The molecule has 8 heteroatoms. The zero-order valence-electron chi connectivity index (χ0n) is 9.42. The lowest BCUT2D eigenvalue weighted by Crippen LogP contribution is -2.35. The van der Waals surface area contributed by atoms with Crippen molar-refractivity contribution in [1.82, 2.24) is 5.32 Å². The maximum atomic E-state index is 13.2. The lowest BCUT2D eigenvalue weighted by Gasteiger charge is -2.12. The van der Waals surface area contributed by atoms with E-state index >= 15 is 0 Å². The highest BCUT2D eigenvalue weighted by Crippen LogP contribution is 2.22. The summed E-state index contributed by atoms with van der Waals surface area (Å²) in [5.74, 6) is -0.909. The first-order valence-electron chi connectivity index (χ1n) is 4.96. The quantitative estimate of drug-likeness (QED) is 0.619. The third-order valence-electron chi connectivity index (χ3n) is 1.99. The first-order chi connectivity index (χ1) is 8.40. The number of hydrogen-bond donors (Lipinski definition) is 2. The van der Waals surface area contributed by atoms with Crippen LogP contribution in [0.5, 0.6) is 5.75 Å². The number of ether oxygens (including phenoxy) is 1. The molecule has 98 valence electrons. The van der Waals surface area contributed by atoms with Gasteiger partial charge in [-0.2, -0.15) is 4.39 Å². The number of carbonyl (C=O) groups is 1. The summed E-state index contributed by atoms with van der Waals surface area (Å²) in [5.41, 5.74) is -0.640. The summed E-state index contributed by atoms with van der Waals surface area (Å²) in [6, 6.07) is 2.63. The van der Waals surface area contributed by atoms with E-state index in [4.69, 9.17) is 9.84 Å². The number of nitro benzene ring substituents is 1. The fourth-order valence-electron chi connectivity index (χ4n) is 1.20. The Morgan fingerprint density at radius 1 is 1.67 bits per heavy atom. The smallest absolute Gasteiger partial charge is 0.404 e. The summed E-state index contributed by atoms with van der Waals surface area (Å²) in [6.07, 6.45) is -1.19. The summed E-state index contributed by atoms with van der Waals surface area (Å²) in [4.78, 5) is 19.8. The topological polar surface area (TPSA) is 102 Å². The molecule has 0 aromatic heterocycles. The van der Waals surface area contributed by atoms with Crippen molar-refractivity contribution in [2.24, 2.45) is 0 Å². The van der Waals surface area contributed by atoms with E-state index in [-0.39, 0.29) is 12.4 Å². The van der Waals surface area contributed by atoms with Gasteiger partial charge in [0.05, 0.1) is 11.0 Å². The zero-order chi connectivity index (χ0) is 13.7. The average molecular weight is 258 g/mol. The molecule has 0 saturated heterocycles. The summed E-state index contributed by atoms with van der Waals surface area (Å²) >= 11 is 0. The molecule has 1 atom stereocenters. The molecule has 18 heavy (non-hydrogen) atoms. The van der Waals surface area contributed by atoms with Gasteiger partial charge < -0.3 is 15.2 Å². The molecule has 0 heterocycles. The van der Waals surface area contributed by atoms with E-state index in [1.165, 1.54) is 6.07 Å². The van der Waals surface area contributed by atoms with Crippen LogP contribution in [-0.4, -0.2) is 28.8 Å². The molecule has 0 aliphatic heterocycles. The van der Waals surface area contributed by atoms with Crippen molar-refractivity contribution in [3.8, 4) is 5.75 Å². The van der Waals surface area contributed by atoms with Crippen molar-refractivity contribution >= 4 is 11.8 Å². The van der Waals surface area contributed by atoms with Crippen LogP contribution in [0.1, 0.15) is 6.92 Å². The van der Waals surface area contributed by atoms with Crippen LogP contribution in [0.4, 0.5) is 14.9 Å². The highest BCUT2D eigenvalue weighted by molar-refractivity contribution is 5.64. The van der Waals surface area contributed by atoms with Crippen LogP contribution in [0.25, 0.3) is 0 Å². The van der Waals surface area contributed by atoms with Crippen molar-refractivity contribution in [2.45, 2.75) is 13.0 Å². The van der Waals surface area contributed by atoms with Crippen LogP contribution in [-0.2, 0) is 0 Å². The predicted octanol–water partition coefficient (Wildman–Crippen LogP) is 1.77. The van der Waals surface area contributed by atoms with Gasteiger partial charge in [0.2, 0.25) is 5.82 Å². The molecule has 0 aliphatic rings. The highest BCUT2D eigenvalue weighted by atomic mass is 19.1. The molecule has 7 nitrogen and oxygen atoms in total. The molecule has 1 rings (SSSR count). The first-order valence-corrected chi connectivity index (χ1v) is 4.96. The molecular formula is C10H11FN2O5. The van der Waals surface area contributed by atoms with E-state index in [9.17, 15) is 19.3 Å². The monoisotopic (exact) mass is 258 g/mol. The maximum Gasteiger partial charge on any atom is 0.404 e. The van der Waals surface area contributed by atoms with Crippen molar-refractivity contribution in [3.63, 3.8) is 0 Å². The Bertz CT molecular complexity index is 466. The van der Waals surface area contributed by atoms with E-state index < -0.39 is 28.6 Å². The van der Waals surface area contributed by atoms with E-state index in [0.29, 0.717) is 0 Å². The molecule has 0 aliphatic carbocycles. The Labute approximate surface area is 101 Å². The van der Waals surface area contributed by atoms with Gasteiger partial charge in [-0.05, 0) is 13.0 Å². The maximum absolute atomic E-state index is 13.2. The van der Waals surface area contributed by atoms with E-state index in [2.05, 4.69) is 5.32 Å². The minimum atomic E-state index is -1.19. The molecule has 0 unspecified atom stereocenters. The molecule has 1 aromatic rings. The number of nitrogens with one attached hydrogen (secondary N) is 1. The molecule has 0 fully saturated rings. The van der Waals surface area contributed by atoms with Crippen LogP contribution in [0.2, 0.25) is 0 Å². The van der Waals surface area contributed by atoms with Crippen molar-refractivity contribution in [1.29, 1.82) is 0 Å². The summed E-state index contributed by atoms with van der Waals surface area (Å²) in [7, 11) is 0. The molecule has 1 amide bonds. The van der Waals surface area contributed by atoms with E-state index in [1.54, 1.807) is 6.92 Å². The van der Waals surface area contributed by atoms with Crippen LogP contribution in [0, 0.1) is 15.9 Å². The van der Waals surface area contributed by atoms with Gasteiger partial charge in [0.1, 0.15) is 12.4 Å². The normalized spacial score (nSPS) is 11.7. The summed E-state index contributed by atoms with van der Waals surface area (Å²) in [6.45, 7) is 1.55. The zero-order valence-corrected chi connectivity index (χ0v) is 9.42. The van der Waals surface area contributed by atoms with Gasteiger partial charge in [0.25, 0.3) is 0 Å². The predicted molar refractivity (Wildman–Crippen MR) is 59.2 cm³/mol. The van der Waals surface area contributed by atoms with Gasteiger partial charge in [0, 0.05) is 12.1 Å². The lowest BCUT2D eigenvalue weighted by atomic mass is 10.3. The van der Waals surface area contributed by atoms with Gasteiger partial charge in [-0.1, -0.05) is 0 Å². The van der Waals surface area contributed by atoms with Crippen LogP contribution in [0.3, 0.4) is 0 Å². The average Bonchev–Trinajstić information content (AvgIpc) is 2.25. The van der Waals surface area contributed by atoms with Gasteiger partial charge in [0.15, 0.2) is 0 Å². The molecule has 2 N–H and O–H groups in total. The van der Waals surface area contributed by atoms with Crippen molar-refractivity contribution in [2.75, 3.05) is 6.61 Å². The van der Waals surface area contributed by atoms with Crippen molar-refractivity contribution in [3.05, 3.63) is 34.1 Å². The second kappa shape index (κ2) is 5.80. The van der Waals surface area contributed by atoms with Gasteiger partial charge in [-0.25, -0.2) is 4.79 Å². The SMILES string of the molecule is C[C@@H](COc1ccc([N+](=O)[O-])c(F)c1)NC(=O)O. The molecule has 0 saturated carbocycles. The number of nitro groups is 1. The minimum Gasteiger partial charge on any atom is -0.491 e. The van der Waals surface area contributed by atoms with Crippen LogP contribution in [0.15, 0.2) is 18.2 Å². The highest BCUT2D eigenvalue weighted by Gasteiger charge is 2.14. The number of benzene rings is 1. The van der Waals surface area contributed by atoms with Gasteiger partial charge >= 0.3 is 11.8 Å². The number of carboxylic acid groups (broad SMARTS) is 1. The van der Waals surface area contributed by atoms with Crippen molar-refractivity contribution < 1.29 is 24.0 Å². The Morgan fingerprint density at radius 2 is 2.33 bits per heavy atom. The Balaban J connectivity index is 2.61. The number of hydrogen-bond acceptors (Lipinski definition) is 4. The van der Waals surface area contributed by atoms with Crippen LogP contribution < -0.4 is 10.1 Å². The van der Waals surface area contributed by atoms with E-state index in [0.717, 1.165) is 12.1 Å². The molecule has 1 aromatic carbocycles. The fraction of sp³-hybridized carbons (Fsp3) is 0.300. The summed E-state index contributed by atoms with van der Waals surface area (Å²) < 4.78 is 18.3. The standard InChI is InChI=1S/C10H11FN2O5/c1-6(12-10(14)15)5-18-7-2-3-9(13(16)17)8(11)4-7/h2-4,6,12H,5H2,1H3,(H,14,15)/t6-/m0/s1. The molecule has 0 spiro atoms. The number of amides is 1. The summed E-state index contributed by atoms with van der Waals surface area (Å²) in [5, 5.41) is 20.9. The second-order valence-corrected chi connectivity index (χ2v) is 3.53. The Kier molecular flexibility index (Phi) is 4.41. The Hall–Kier alpha value is -2.38. The van der Waals surface area contributed by atoms with E-state index in [1.807, 2.05) is 0 Å². The molecule has 0 radical (unpaired) electrons. The first kappa shape index (κ1) is 13.7. The largest absolute Gasteiger partial charge is 0.491 e. The number of nitrogens with zero attached hydrogens (tertiary/aromatic N) is 1. The third-order valence-corrected chi connectivity index (χ3v) is 1.99. The fourth-order valence-corrected chi connectivity index (χ4v) is 1.20. The number of halogens is 1. The number of rotatable bonds is 5. The third kappa shape index (κ3) is 3.89. The minimum absolute atomic E-state index is 0.0104. The van der Waals surface area contributed by atoms with Gasteiger partial charge in [-0.15, -0.1) is 0 Å². The van der Waals surface area contributed by atoms with Crippen LogP contribution >= 0.6 is 0 Å². The molecular weight excluding hydrogens is 247 g/mol.